The van der Waals surface area contributed by atoms with Crippen LogP contribution in [0.25, 0.3) is 0 Å². The smallest absolute Gasteiger partial charge is 0.0542 e. The average Bonchev–Trinajstić information content (AvgIpc) is 1.64. The van der Waals surface area contributed by atoms with Gasteiger partial charge in [0.05, 0.1) is 6.10 Å². The van der Waals surface area contributed by atoms with Crippen molar-refractivity contribution in [3.8, 4) is 0 Å². The molecule has 0 spiro atoms. The Morgan fingerprint density at radius 2 is 2.12 bits per heavy atom. The Bertz CT molecular complexity index is 62.8. The zero-order valence-corrected chi connectivity index (χ0v) is 5.43. The minimum atomic E-state index is 0.0127. The van der Waals surface area contributed by atoms with Crippen LogP contribution in [0.4, 0.5) is 0 Å². The molecule has 0 bridgehead atoms. The maximum Gasteiger partial charge on any atom is 0.0542 e. The minimum absolute atomic E-state index is 0.0127. The predicted molar refractivity (Wildman–Crippen MR) is 33.6 cm³/mol. The summed E-state index contributed by atoms with van der Waals surface area (Å²) >= 11 is 0. The zero-order chi connectivity index (χ0) is 5.98. The summed E-state index contributed by atoms with van der Waals surface area (Å²) in [4.78, 5) is 0. The van der Waals surface area contributed by atoms with E-state index in [9.17, 15) is 0 Å². The van der Waals surface area contributed by atoms with E-state index in [0.29, 0.717) is 0 Å². The second kappa shape index (κ2) is 2.49. The molecule has 2 unspecified atom stereocenters. The van der Waals surface area contributed by atoms with Crippen LogP contribution in [0.1, 0.15) is 32.6 Å². The van der Waals surface area contributed by atoms with Gasteiger partial charge in [0.2, 0.25) is 0 Å². The van der Waals surface area contributed by atoms with Crippen molar-refractivity contribution < 1.29 is 5.11 Å². The second-order valence-corrected chi connectivity index (χ2v) is 2.93. The molecular weight excluding hydrogens is 100 g/mol. The second-order valence-electron chi connectivity index (χ2n) is 2.93. The van der Waals surface area contributed by atoms with Crippen molar-refractivity contribution in [2.45, 2.75) is 38.7 Å². The first-order valence-corrected chi connectivity index (χ1v) is 3.47. The van der Waals surface area contributed by atoms with Gasteiger partial charge in [-0.1, -0.05) is 19.8 Å². The summed E-state index contributed by atoms with van der Waals surface area (Å²) in [7, 11) is 0. The Morgan fingerprint density at radius 1 is 1.38 bits per heavy atom. The van der Waals surface area contributed by atoms with Gasteiger partial charge in [-0.2, -0.15) is 0 Å². The molecule has 2 atom stereocenters. The number of hydrogen-bond donors (Lipinski definition) is 1. The summed E-state index contributed by atoms with van der Waals surface area (Å²) in [6.45, 7) is 2.21. The normalized spacial score (nSPS) is 39.8. The molecule has 0 radical (unpaired) electrons. The quantitative estimate of drug-likeness (QED) is 0.506. The van der Waals surface area contributed by atoms with E-state index in [1.807, 2.05) is 0 Å². The van der Waals surface area contributed by atoms with Crippen LogP contribution in [-0.4, -0.2) is 11.2 Å². The molecule has 1 saturated carbocycles. The van der Waals surface area contributed by atoms with E-state index in [2.05, 4.69) is 6.92 Å². The first-order valence-electron chi connectivity index (χ1n) is 3.47. The van der Waals surface area contributed by atoms with Crippen LogP contribution in [0.15, 0.2) is 0 Å². The van der Waals surface area contributed by atoms with E-state index in [4.69, 9.17) is 5.11 Å². The Kier molecular flexibility index (Phi) is 1.90. The molecule has 1 fully saturated rings. The van der Waals surface area contributed by atoms with Gasteiger partial charge in [0.1, 0.15) is 0 Å². The van der Waals surface area contributed by atoms with Gasteiger partial charge in [-0.15, -0.1) is 0 Å². The third-order valence-electron chi connectivity index (χ3n) is 1.91. The molecule has 1 rings (SSSR count). The van der Waals surface area contributed by atoms with Crippen molar-refractivity contribution >= 4 is 0 Å². The third-order valence-corrected chi connectivity index (χ3v) is 1.91. The number of aliphatic hydroxyl groups is 1. The molecule has 0 aromatic carbocycles. The van der Waals surface area contributed by atoms with Crippen molar-refractivity contribution in [3.63, 3.8) is 0 Å². The van der Waals surface area contributed by atoms with Crippen molar-refractivity contribution in [1.82, 2.24) is 0 Å². The van der Waals surface area contributed by atoms with Gasteiger partial charge in [0, 0.05) is 0 Å². The van der Waals surface area contributed by atoms with Crippen LogP contribution in [0.3, 0.4) is 0 Å². The van der Waals surface area contributed by atoms with Gasteiger partial charge in [-0.05, 0) is 18.8 Å². The van der Waals surface area contributed by atoms with Crippen molar-refractivity contribution in [2.75, 3.05) is 0 Å². The lowest BCUT2D eigenvalue weighted by molar-refractivity contribution is 0.106. The standard InChI is InChI=1S/C7H14O/c1-6-3-2-4-7(8)5-6/h6-8H,2-5H2,1H3. The number of aliphatic hydroxyl groups excluding tert-OH is 1. The highest BCUT2D eigenvalue weighted by Crippen LogP contribution is 2.22. The number of rotatable bonds is 0. The van der Waals surface area contributed by atoms with Crippen molar-refractivity contribution in [2.24, 2.45) is 5.92 Å². The summed E-state index contributed by atoms with van der Waals surface area (Å²) < 4.78 is 0. The van der Waals surface area contributed by atoms with Gasteiger partial charge in [0.15, 0.2) is 0 Å². The summed E-state index contributed by atoms with van der Waals surface area (Å²) in [6.07, 6.45) is 4.61. The van der Waals surface area contributed by atoms with Crippen LogP contribution in [0.5, 0.6) is 0 Å². The average molecular weight is 114 g/mol. The molecule has 1 nitrogen and oxygen atoms in total. The lowest BCUT2D eigenvalue weighted by Gasteiger charge is -2.21. The molecular formula is C7H14O. The maximum atomic E-state index is 9.08. The van der Waals surface area contributed by atoms with Crippen LogP contribution in [0, 0.1) is 5.92 Å². The van der Waals surface area contributed by atoms with Gasteiger partial charge in [0.25, 0.3) is 0 Å². The van der Waals surface area contributed by atoms with E-state index >= 15 is 0 Å². The first-order chi connectivity index (χ1) is 3.79. The Morgan fingerprint density at radius 3 is 2.50 bits per heavy atom. The van der Waals surface area contributed by atoms with E-state index in [1.165, 1.54) is 12.8 Å². The molecule has 1 heteroatoms. The molecule has 1 aliphatic rings. The SMILES string of the molecule is CC1CCCC(O)C1. The van der Waals surface area contributed by atoms with Crippen LogP contribution < -0.4 is 0 Å². The molecule has 0 aliphatic heterocycles. The Balaban J connectivity index is 2.23. The van der Waals surface area contributed by atoms with Crippen LogP contribution >= 0.6 is 0 Å². The highest BCUT2D eigenvalue weighted by molar-refractivity contribution is 4.67. The molecule has 0 heterocycles. The molecule has 0 aromatic heterocycles. The molecule has 1 N–H and O–H groups in total. The maximum absolute atomic E-state index is 9.08. The molecule has 1 aliphatic carbocycles. The van der Waals surface area contributed by atoms with Gasteiger partial charge >= 0.3 is 0 Å². The fourth-order valence-electron chi connectivity index (χ4n) is 1.40. The zero-order valence-electron chi connectivity index (χ0n) is 5.43. The monoisotopic (exact) mass is 114 g/mol. The molecule has 8 heavy (non-hydrogen) atoms. The summed E-state index contributed by atoms with van der Waals surface area (Å²) in [5.74, 6) is 0.763. The largest absolute Gasteiger partial charge is 0.393 e. The van der Waals surface area contributed by atoms with Crippen LogP contribution in [0.2, 0.25) is 0 Å². The van der Waals surface area contributed by atoms with E-state index in [1.54, 1.807) is 0 Å². The van der Waals surface area contributed by atoms with E-state index < -0.39 is 0 Å². The van der Waals surface area contributed by atoms with Crippen LogP contribution in [-0.2, 0) is 0 Å². The highest BCUT2D eigenvalue weighted by Gasteiger charge is 2.15. The lowest BCUT2D eigenvalue weighted by Crippen LogP contribution is -2.16. The van der Waals surface area contributed by atoms with Gasteiger partial charge in [-0.25, -0.2) is 0 Å². The fraction of sp³-hybridized carbons (Fsp3) is 1.00. The molecule has 0 aromatic rings. The minimum Gasteiger partial charge on any atom is -0.393 e. The van der Waals surface area contributed by atoms with Crippen molar-refractivity contribution in [3.05, 3.63) is 0 Å². The van der Waals surface area contributed by atoms with E-state index in [-0.39, 0.29) is 6.10 Å². The summed E-state index contributed by atoms with van der Waals surface area (Å²) in [6, 6.07) is 0. The molecule has 0 amide bonds. The first kappa shape index (κ1) is 6.09. The highest BCUT2D eigenvalue weighted by atomic mass is 16.3. The van der Waals surface area contributed by atoms with Crippen molar-refractivity contribution in [1.29, 1.82) is 0 Å². The van der Waals surface area contributed by atoms with Gasteiger partial charge in [-0.3, -0.25) is 0 Å². The number of hydrogen-bond acceptors (Lipinski definition) is 1. The lowest BCUT2D eigenvalue weighted by atomic mass is 9.89. The Labute approximate surface area is 50.7 Å². The van der Waals surface area contributed by atoms with Gasteiger partial charge < -0.3 is 5.11 Å². The fourth-order valence-corrected chi connectivity index (χ4v) is 1.40. The summed E-state index contributed by atoms with van der Waals surface area (Å²) in [5, 5.41) is 9.08. The summed E-state index contributed by atoms with van der Waals surface area (Å²) in [5.41, 5.74) is 0. The molecule has 48 valence electrons. The Hall–Kier alpha value is -0.0400. The predicted octanol–water partition coefficient (Wildman–Crippen LogP) is 1.56. The molecule has 0 saturated heterocycles. The van der Waals surface area contributed by atoms with E-state index in [0.717, 1.165) is 18.8 Å². The topological polar surface area (TPSA) is 20.2 Å². The third kappa shape index (κ3) is 1.48.